The van der Waals surface area contributed by atoms with Crippen LogP contribution in [0.4, 0.5) is 13.2 Å². The van der Waals surface area contributed by atoms with Crippen molar-refractivity contribution >= 4 is 12.1 Å². The summed E-state index contributed by atoms with van der Waals surface area (Å²) in [6.45, 7) is 4.65. The molecule has 4 rings (SSSR count). The van der Waals surface area contributed by atoms with Crippen molar-refractivity contribution in [1.29, 1.82) is 5.41 Å². The zero-order valence-electron chi connectivity index (χ0n) is 21.1. The number of halogens is 3. The van der Waals surface area contributed by atoms with E-state index in [9.17, 15) is 28.2 Å². The molecule has 5 N–H and O–H groups in total. The number of fused-ring (bicyclic) bond motifs is 3. The number of primary amides is 1. The SMILES string of the molecule is CC(C)(C(N)=O)n1cc(-c2cc(OCCC[C@@](C)(O)C=N)cc3c2-c2ccccc2[C@]3(O)C(F)(F)F)cn1. The maximum absolute atomic E-state index is 14.5. The van der Waals surface area contributed by atoms with Gasteiger partial charge in [0.25, 0.3) is 0 Å². The van der Waals surface area contributed by atoms with Gasteiger partial charge in [0.05, 0.1) is 18.4 Å². The molecule has 11 heteroatoms. The number of carbonyl (C=O) groups is 1. The van der Waals surface area contributed by atoms with E-state index in [4.69, 9.17) is 15.9 Å². The van der Waals surface area contributed by atoms with Gasteiger partial charge >= 0.3 is 6.18 Å². The van der Waals surface area contributed by atoms with Gasteiger partial charge in [0.1, 0.15) is 11.3 Å². The maximum atomic E-state index is 14.5. The summed E-state index contributed by atoms with van der Waals surface area (Å²) in [6, 6.07) is 8.52. The van der Waals surface area contributed by atoms with Gasteiger partial charge in [0, 0.05) is 29.1 Å². The molecule has 0 saturated heterocycles. The first kappa shape index (κ1) is 27.3. The van der Waals surface area contributed by atoms with Gasteiger partial charge in [-0.15, -0.1) is 0 Å². The summed E-state index contributed by atoms with van der Waals surface area (Å²) in [4.78, 5) is 12.0. The van der Waals surface area contributed by atoms with E-state index in [0.29, 0.717) is 17.5 Å². The van der Waals surface area contributed by atoms with Crippen LogP contribution in [0.15, 0.2) is 48.8 Å². The minimum Gasteiger partial charge on any atom is -0.494 e. The van der Waals surface area contributed by atoms with E-state index < -0.39 is 28.8 Å². The van der Waals surface area contributed by atoms with Gasteiger partial charge in [-0.25, -0.2) is 0 Å². The van der Waals surface area contributed by atoms with Crippen LogP contribution in [0, 0.1) is 5.41 Å². The highest BCUT2D eigenvalue weighted by molar-refractivity contribution is 5.93. The normalized spacial score (nSPS) is 18.4. The third kappa shape index (κ3) is 4.45. The molecule has 0 saturated carbocycles. The van der Waals surface area contributed by atoms with Crippen LogP contribution in [-0.4, -0.2) is 50.5 Å². The van der Waals surface area contributed by atoms with E-state index in [1.165, 1.54) is 48.3 Å². The Balaban J connectivity index is 1.87. The zero-order valence-corrected chi connectivity index (χ0v) is 21.1. The van der Waals surface area contributed by atoms with Crippen molar-refractivity contribution in [3.8, 4) is 28.0 Å². The molecule has 1 aliphatic rings. The molecule has 2 atom stereocenters. The van der Waals surface area contributed by atoms with Gasteiger partial charge in [-0.3, -0.25) is 9.48 Å². The van der Waals surface area contributed by atoms with Crippen LogP contribution in [0.3, 0.4) is 0 Å². The van der Waals surface area contributed by atoms with Crippen molar-refractivity contribution in [2.75, 3.05) is 6.61 Å². The summed E-state index contributed by atoms with van der Waals surface area (Å²) < 4.78 is 50.6. The summed E-state index contributed by atoms with van der Waals surface area (Å²) in [5.74, 6) is -0.572. The number of ether oxygens (including phenoxy) is 1. The molecule has 0 radical (unpaired) electrons. The van der Waals surface area contributed by atoms with E-state index >= 15 is 0 Å². The lowest BCUT2D eigenvalue weighted by Crippen LogP contribution is -2.41. The summed E-state index contributed by atoms with van der Waals surface area (Å²) in [6.07, 6.45) is -0.667. The molecule has 0 bridgehead atoms. The van der Waals surface area contributed by atoms with Gasteiger partial charge in [0.2, 0.25) is 11.5 Å². The second-order valence-corrected chi connectivity index (χ2v) is 10.2. The first-order chi connectivity index (χ1) is 17.6. The first-order valence-corrected chi connectivity index (χ1v) is 11.9. The molecule has 202 valence electrons. The van der Waals surface area contributed by atoms with Gasteiger partial charge in [-0.2, -0.15) is 18.3 Å². The number of nitrogens with two attached hydrogens (primary N) is 1. The van der Waals surface area contributed by atoms with E-state index in [1.54, 1.807) is 26.0 Å². The molecule has 0 spiro atoms. The van der Waals surface area contributed by atoms with Crippen molar-refractivity contribution in [1.82, 2.24) is 9.78 Å². The van der Waals surface area contributed by atoms with E-state index in [1.807, 2.05) is 0 Å². The molecule has 8 nitrogen and oxygen atoms in total. The van der Waals surface area contributed by atoms with Crippen LogP contribution in [-0.2, 0) is 15.9 Å². The standard InChI is InChI=1S/C27H29F3N4O4/c1-24(2,23(32)35)34-14-16(13-33-34)19-11-17(38-10-6-9-25(3,36)15-31)12-21-22(19)18-7-4-5-8-20(18)26(21,37)27(28,29)30/h4-5,7-8,11-15,31,36-37H,6,9-10H2,1-3H3,(H2,32,35)/t25-,26-/m1/s1. The van der Waals surface area contributed by atoms with Crippen molar-refractivity contribution in [2.24, 2.45) is 5.73 Å². The average molecular weight is 531 g/mol. The lowest BCUT2D eigenvalue weighted by atomic mass is 9.89. The number of hydrogen-bond donors (Lipinski definition) is 4. The monoisotopic (exact) mass is 530 g/mol. The first-order valence-electron chi connectivity index (χ1n) is 11.9. The minimum atomic E-state index is -5.04. The van der Waals surface area contributed by atoms with Crippen LogP contribution in [0.5, 0.6) is 5.75 Å². The van der Waals surface area contributed by atoms with Crippen LogP contribution in [0.25, 0.3) is 22.3 Å². The smallest absolute Gasteiger partial charge is 0.425 e. The molecule has 2 aromatic carbocycles. The molecule has 1 aromatic heterocycles. The summed E-state index contributed by atoms with van der Waals surface area (Å²) in [5.41, 5.74) is 0.134. The van der Waals surface area contributed by atoms with Crippen LogP contribution >= 0.6 is 0 Å². The lowest BCUT2D eigenvalue weighted by Gasteiger charge is -2.28. The number of amides is 1. The van der Waals surface area contributed by atoms with Gasteiger partial charge < -0.3 is 26.1 Å². The predicted molar refractivity (Wildman–Crippen MR) is 135 cm³/mol. The van der Waals surface area contributed by atoms with Crippen LogP contribution < -0.4 is 10.5 Å². The largest absolute Gasteiger partial charge is 0.494 e. The number of nitrogens with one attached hydrogen (secondary N) is 1. The number of aromatic nitrogens is 2. The molecule has 0 fully saturated rings. The highest BCUT2D eigenvalue weighted by Gasteiger charge is 2.61. The van der Waals surface area contributed by atoms with E-state index in [0.717, 1.165) is 6.21 Å². The van der Waals surface area contributed by atoms with E-state index in [-0.39, 0.29) is 41.0 Å². The Labute approximate surface area is 217 Å². The third-order valence-electron chi connectivity index (χ3n) is 6.97. The number of benzene rings is 2. The second kappa shape index (κ2) is 9.25. The lowest BCUT2D eigenvalue weighted by molar-refractivity contribution is -0.246. The number of carbonyl (C=O) groups excluding carboxylic acids is 1. The summed E-state index contributed by atoms with van der Waals surface area (Å²) in [7, 11) is 0. The Morgan fingerprint density at radius 1 is 1.18 bits per heavy atom. The van der Waals surface area contributed by atoms with Crippen molar-refractivity contribution in [3.63, 3.8) is 0 Å². The fraction of sp³-hybridized carbons (Fsp3) is 0.370. The van der Waals surface area contributed by atoms with Crippen LogP contribution in [0.2, 0.25) is 0 Å². The molecule has 3 aromatic rings. The van der Waals surface area contributed by atoms with Gasteiger partial charge in [0.15, 0.2) is 0 Å². The Bertz CT molecular complexity index is 1400. The molecular weight excluding hydrogens is 501 g/mol. The molecule has 1 amide bonds. The number of alkyl halides is 3. The summed E-state index contributed by atoms with van der Waals surface area (Å²) in [5, 5.41) is 32.7. The predicted octanol–water partition coefficient (Wildman–Crippen LogP) is 4.11. The molecule has 1 aliphatic carbocycles. The number of rotatable bonds is 9. The van der Waals surface area contributed by atoms with Crippen LogP contribution in [0.1, 0.15) is 44.7 Å². The highest BCUT2D eigenvalue weighted by Crippen LogP contribution is 2.58. The Morgan fingerprint density at radius 3 is 2.50 bits per heavy atom. The number of hydrogen-bond acceptors (Lipinski definition) is 6. The molecule has 0 aliphatic heterocycles. The maximum Gasteiger partial charge on any atom is 0.425 e. The average Bonchev–Trinajstić information content (AvgIpc) is 3.45. The highest BCUT2D eigenvalue weighted by atomic mass is 19.4. The zero-order chi connectivity index (χ0) is 28.1. The molecule has 0 unspecified atom stereocenters. The fourth-order valence-corrected chi connectivity index (χ4v) is 4.54. The molecule has 1 heterocycles. The van der Waals surface area contributed by atoms with Gasteiger partial charge in [-0.1, -0.05) is 24.3 Å². The minimum absolute atomic E-state index is 0.0492. The van der Waals surface area contributed by atoms with Crippen molar-refractivity contribution in [2.45, 2.75) is 56.5 Å². The molecular formula is C27H29F3N4O4. The number of aliphatic hydroxyl groups is 2. The summed E-state index contributed by atoms with van der Waals surface area (Å²) >= 11 is 0. The topological polar surface area (TPSA) is 134 Å². The second-order valence-electron chi connectivity index (χ2n) is 10.2. The van der Waals surface area contributed by atoms with Gasteiger partial charge in [-0.05, 0) is 62.4 Å². The number of nitrogens with zero attached hydrogens (tertiary/aromatic N) is 2. The Hall–Kier alpha value is -3.70. The Morgan fingerprint density at radius 2 is 1.87 bits per heavy atom. The fourth-order valence-electron chi connectivity index (χ4n) is 4.54. The Kier molecular flexibility index (Phi) is 6.65. The van der Waals surface area contributed by atoms with Crippen molar-refractivity contribution < 1.29 is 32.9 Å². The van der Waals surface area contributed by atoms with Crippen molar-refractivity contribution in [3.05, 3.63) is 59.9 Å². The van der Waals surface area contributed by atoms with E-state index in [2.05, 4.69) is 5.10 Å². The third-order valence-corrected chi connectivity index (χ3v) is 6.97. The molecule has 38 heavy (non-hydrogen) atoms. The quantitative estimate of drug-likeness (QED) is 0.244.